The molecule has 0 bridgehead atoms. The Morgan fingerprint density at radius 2 is 0.867 bits per heavy atom. The maximum Gasteiger partial charge on any atom is 0.0249 e. The zero-order valence-corrected chi connectivity index (χ0v) is 9.15. The molecule has 0 aromatic heterocycles. The zero-order valence-electron chi connectivity index (χ0n) is 8.11. The standard InChI is InChI=1S/C14H10.Co/c1-3-7-13(8-4-1)11-12-14-9-5-2-6-10-14;/h1-10H;. The predicted molar refractivity (Wildman–Crippen MR) is 58.9 cm³/mol. The molecule has 0 saturated heterocycles. The van der Waals surface area contributed by atoms with Crippen molar-refractivity contribution in [2.24, 2.45) is 0 Å². The van der Waals surface area contributed by atoms with E-state index < -0.39 is 0 Å². The van der Waals surface area contributed by atoms with Crippen LogP contribution in [0.4, 0.5) is 0 Å². The van der Waals surface area contributed by atoms with E-state index >= 15 is 0 Å². The fourth-order valence-electron chi connectivity index (χ4n) is 1.19. The van der Waals surface area contributed by atoms with Crippen molar-refractivity contribution in [1.82, 2.24) is 0 Å². The summed E-state index contributed by atoms with van der Waals surface area (Å²) in [5.74, 6) is 6.22. The molecule has 0 unspecified atom stereocenters. The largest absolute Gasteiger partial charge is 0.0622 e. The van der Waals surface area contributed by atoms with Gasteiger partial charge in [0.05, 0.1) is 0 Å². The molecule has 0 N–H and O–H groups in total. The van der Waals surface area contributed by atoms with E-state index in [1.165, 1.54) is 0 Å². The normalized spacial score (nSPS) is 8.27. The maximum atomic E-state index is 3.11. The summed E-state index contributed by atoms with van der Waals surface area (Å²) >= 11 is 0. The van der Waals surface area contributed by atoms with E-state index in [-0.39, 0.29) is 16.8 Å². The first-order valence-corrected chi connectivity index (χ1v) is 4.57. The SMILES string of the molecule is C(#Cc1ccccc1)c1ccccc1.[Co]. The van der Waals surface area contributed by atoms with Gasteiger partial charge < -0.3 is 0 Å². The van der Waals surface area contributed by atoms with Gasteiger partial charge in [0.1, 0.15) is 0 Å². The van der Waals surface area contributed by atoms with Gasteiger partial charge in [-0.1, -0.05) is 48.2 Å². The second kappa shape index (κ2) is 6.08. The Morgan fingerprint density at radius 1 is 0.533 bits per heavy atom. The minimum absolute atomic E-state index is 0. The zero-order chi connectivity index (χ0) is 9.64. The summed E-state index contributed by atoms with van der Waals surface area (Å²) in [5, 5.41) is 0. The Hall–Kier alpha value is -1.49. The van der Waals surface area contributed by atoms with Gasteiger partial charge in [0, 0.05) is 27.9 Å². The Bertz CT molecular complexity index is 405. The van der Waals surface area contributed by atoms with Gasteiger partial charge in [-0.25, -0.2) is 0 Å². The molecule has 2 aromatic rings. The summed E-state index contributed by atoms with van der Waals surface area (Å²) in [4.78, 5) is 0. The van der Waals surface area contributed by atoms with Crippen LogP contribution in [0.3, 0.4) is 0 Å². The summed E-state index contributed by atoms with van der Waals surface area (Å²) in [6.45, 7) is 0. The third kappa shape index (κ3) is 3.63. The average Bonchev–Trinajstić information content (AvgIpc) is 2.29. The number of hydrogen-bond acceptors (Lipinski definition) is 0. The molecule has 2 rings (SSSR count). The molecular formula is C14H10Co. The van der Waals surface area contributed by atoms with Crippen molar-refractivity contribution in [3.05, 3.63) is 71.8 Å². The van der Waals surface area contributed by atoms with E-state index in [9.17, 15) is 0 Å². The van der Waals surface area contributed by atoms with Crippen LogP contribution >= 0.6 is 0 Å². The van der Waals surface area contributed by atoms with Gasteiger partial charge in [0.25, 0.3) is 0 Å². The summed E-state index contributed by atoms with van der Waals surface area (Å²) in [7, 11) is 0. The van der Waals surface area contributed by atoms with Crippen LogP contribution in [0.5, 0.6) is 0 Å². The minimum Gasteiger partial charge on any atom is -0.0622 e. The van der Waals surface area contributed by atoms with Gasteiger partial charge in [-0.15, -0.1) is 0 Å². The Balaban J connectivity index is 0.00000112. The molecule has 1 heteroatoms. The van der Waals surface area contributed by atoms with Crippen molar-refractivity contribution < 1.29 is 16.8 Å². The molecule has 0 amide bonds. The van der Waals surface area contributed by atoms with E-state index in [1.807, 2.05) is 60.7 Å². The summed E-state index contributed by atoms with van der Waals surface area (Å²) < 4.78 is 0. The van der Waals surface area contributed by atoms with Crippen molar-refractivity contribution in [3.63, 3.8) is 0 Å². The third-order valence-corrected chi connectivity index (χ3v) is 1.90. The first-order valence-electron chi connectivity index (χ1n) is 4.57. The van der Waals surface area contributed by atoms with Crippen molar-refractivity contribution in [1.29, 1.82) is 0 Å². The topological polar surface area (TPSA) is 0 Å². The van der Waals surface area contributed by atoms with E-state index in [2.05, 4.69) is 11.8 Å². The van der Waals surface area contributed by atoms with Gasteiger partial charge in [-0.2, -0.15) is 0 Å². The van der Waals surface area contributed by atoms with Gasteiger partial charge in [0.15, 0.2) is 0 Å². The molecule has 0 nitrogen and oxygen atoms in total. The molecule has 0 fully saturated rings. The van der Waals surface area contributed by atoms with Crippen LogP contribution in [-0.2, 0) is 16.8 Å². The Labute approximate surface area is 101 Å². The third-order valence-electron chi connectivity index (χ3n) is 1.90. The fourth-order valence-corrected chi connectivity index (χ4v) is 1.19. The van der Waals surface area contributed by atoms with Crippen LogP contribution in [0.1, 0.15) is 11.1 Å². The summed E-state index contributed by atoms with van der Waals surface area (Å²) in [5.41, 5.74) is 2.10. The first-order chi connectivity index (χ1) is 6.95. The van der Waals surface area contributed by atoms with Crippen molar-refractivity contribution in [3.8, 4) is 11.8 Å². The first kappa shape index (κ1) is 11.6. The second-order valence-corrected chi connectivity index (χ2v) is 2.98. The van der Waals surface area contributed by atoms with Crippen LogP contribution < -0.4 is 0 Å². The van der Waals surface area contributed by atoms with Crippen LogP contribution in [0.25, 0.3) is 0 Å². The van der Waals surface area contributed by atoms with Crippen LogP contribution in [0.2, 0.25) is 0 Å². The van der Waals surface area contributed by atoms with E-state index in [4.69, 9.17) is 0 Å². The monoisotopic (exact) mass is 237 g/mol. The van der Waals surface area contributed by atoms with Crippen molar-refractivity contribution in [2.75, 3.05) is 0 Å². The molecule has 1 radical (unpaired) electrons. The number of rotatable bonds is 0. The maximum absolute atomic E-state index is 3.11. The van der Waals surface area contributed by atoms with E-state index in [1.54, 1.807) is 0 Å². The molecule has 0 spiro atoms. The number of benzene rings is 2. The van der Waals surface area contributed by atoms with Gasteiger partial charge in [0.2, 0.25) is 0 Å². The molecule has 0 atom stereocenters. The van der Waals surface area contributed by atoms with Gasteiger partial charge in [-0.3, -0.25) is 0 Å². The van der Waals surface area contributed by atoms with E-state index in [0.29, 0.717) is 0 Å². The fraction of sp³-hybridized carbons (Fsp3) is 0. The van der Waals surface area contributed by atoms with E-state index in [0.717, 1.165) is 11.1 Å². The summed E-state index contributed by atoms with van der Waals surface area (Å²) in [6.07, 6.45) is 0. The Morgan fingerprint density at radius 3 is 1.20 bits per heavy atom. The molecular weight excluding hydrogens is 227 g/mol. The molecule has 75 valence electrons. The molecule has 0 heterocycles. The van der Waals surface area contributed by atoms with Gasteiger partial charge >= 0.3 is 0 Å². The predicted octanol–water partition coefficient (Wildman–Crippen LogP) is 3.08. The van der Waals surface area contributed by atoms with Crippen molar-refractivity contribution >= 4 is 0 Å². The molecule has 0 saturated carbocycles. The average molecular weight is 237 g/mol. The molecule has 0 aliphatic heterocycles. The summed E-state index contributed by atoms with van der Waals surface area (Å²) in [6, 6.07) is 20.0. The quantitative estimate of drug-likeness (QED) is 0.618. The molecule has 15 heavy (non-hydrogen) atoms. The Kier molecular flexibility index (Phi) is 4.69. The molecule has 0 aliphatic rings. The van der Waals surface area contributed by atoms with Crippen LogP contribution in [0.15, 0.2) is 60.7 Å². The molecule has 2 aromatic carbocycles. The van der Waals surface area contributed by atoms with Crippen LogP contribution in [0, 0.1) is 11.8 Å². The number of hydrogen-bond donors (Lipinski definition) is 0. The van der Waals surface area contributed by atoms with Crippen molar-refractivity contribution in [2.45, 2.75) is 0 Å². The smallest absolute Gasteiger partial charge is 0.0249 e. The van der Waals surface area contributed by atoms with Gasteiger partial charge in [-0.05, 0) is 24.3 Å². The van der Waals surface area contributed by atoms with Crippen LogP contribution in [-0.4, -0.2) is 0 Å². The molecule has 0 aliphatic carbocycles. The minimum atomic E-state index is 0. The second-order valence-electron chi connectivity index (χ2n) is 2.98.